The molecule has 0 aliphatic carbocycles. The van der Waals surface area contributed by atoms with Crippen molar-refractivity contribution in [1.29, 1.82) is 0 Å². The average molecular weight is 369 g/mol. The summed E-state index contributed by atoms with van der Waals surface area (Å²) in [5.41, 5.74) is 1.97. The van der Waals surface area contributed by atoms with E-state index < -0.39 is 17.5 Å². The Balaban J connectivity index is 1.70. The van der Waals surface area contributed by atoms with Crippen molar-refractivity contribution in [2.24, 2.45) is 0 Å². The molecular weight excluding hydrogens is 346 g/mol. The van der Waals surface area contributed by atoms with E-state index in [9.17, 15) is 14.4 Å². The first-order chi connectivity index (χ1) is 12.7. The van der Waals surface area contributed by atoms with Crippen molar-refractivity contribution in [2.75, 3.05) is 13.6 Å². The highest BCUT2D eigenvalue weighted by Crippen LogP contribution is 2.29. The van der Waals surface area contributed by atoms with Crippen molar-refractivity contribution in [1.82, 2.24) is 15.1 Å². The molecule has 2 aromatic rings. The van der Waals surface area contributed by atoms with E-state index in [-0.39, 0.29) is 12.5 Å². The van der Waals surface area contributed by atoms with Crippen LogP contribution in [-0.4, -0.2) is 41.2 Å². The summed E-state index contributed by atoms with van der Waals surface area (Å²) in [5, 5.41) is 2.61. The third kappa shape index (κ3) is 3.45. The van der Waals surface area contributed by atoms with Gasteiger partial charge in [0.15, 0.2) is 5.54 Å². The summed E-state index contributed by atoms with van der Waals surface area (Å²) in [5.74, 6) is -0.489. The molecule has 1 atom stereocenters. The number of likely N-dealkylation sites (N-methyl/N-ethyl adjacent to an activating group) is 1. The summed E-state index contributed by atoms with van der Waals surface area (Å²) in [6, 6.07) is 8.69. The molecule has 7 heteroatoms. The normalized spacial score (nSPS) is 19.3. The molecule has 1 aliphatic heterocycles. The molecule has 3 rings (SSSR count). The summed E-state index contributed by atoms with van der Waals surface area (Å²) in [4.78, 5) is 40.1. The third-order valence-electron chi connectivity index (χ3n) is 4.91. The highest BCUT2D eigenvalue weighted by atomic mass is 16.3. The zero-order chi connectivity index (χ0) is 19.8. The molecule has 0 bridgehead atoms. The molecule has 7 nitrogen and oxygen atoms in total. The number of benzene rings is 1. The molecule has 1 fully saturated rings. The van der Waals surface area contributed by atoms with Crippen LogP contribution in [0.5, 0.6) is 0 Å². The Morgan fingerprint density at radius 3 is 2.63 bits per heavy atom. The number of rotatable bonds is 5. The number of carbonyl (C=O) groups is 3. The zero-order valence-electron chi connectivity index (χ0n) is 15.9. The minimum atomic E-state index is -1.30. The number of urea groups is 1. The van der Waals surface area contributed by atoms with Gasteiger partial charge in [0.2, 0.25) is 5.91 Å². The van der Waals surface area contributed by atoms with Crippen molar-refractivity contribution >= 4 is 17.8 Å². The van der Waals surface area contributed by atoms with Gasteiger partial charge in [0, 0.05) is 13.6 Å². The number of amides is 4. The summed E-state index contributed by atoms with van der Waals surface area (Å²) >= 11 is 0. The first kappa shape index (κ1) is 18.7. The standard InChI is InChI=1S/C20H23N3O4/c1-13-7-8-15(14(2)10-13)11-22(4)17(24)12-23-18(25)20(3,21-19(23)26)16-6-5-9-27-16/h5-10H,11-12H2,1-4H3,(H,21,26). The molecule has 0 saturated carbocycles. The van der Waals surface area contributed by atoms with E-state index >= 15 is 0 Å². The average Bonchev–Trinajstić information content (AvgIpc) is 3.22. The molecular formula is C20H23N3O4. The van der Waals surface area contributed by atoms with Gasteiger partial charge >= 0.3 is 6.03 Å². The van der Waals surface area contributed by atoms with Gasteiger partial charge in [0.05, 0.1) is 6.26 Å². The largest absolute Gasteiger partial charge is 0.466 e. The number of nitrogens with zero attached hydrogens (tertiary/aromatic N) is 2. The Morgan fingerprint density at radius 2 is 2.00 bits per heavy atom. The van der Waals surface area contributed by atoms with Gasteiger partial charge in [-0.05, 0) is 44.0 Å². The maximum Gasteiger partial charge on any atom is 0.325 e. The van der Waals surface area contributed by atoms with Crippen LogP contribution in [0.15, 0.2) is 41.0 Å². The summed E-state index contributed by atoms with van der Waals surface area (Å²) < 4.78 is 5.28. The molecule has 0 spiro atoms. The fraction of sp³-hybridized carbons (Fsp3) is 0.350. The number of nitrogens with one attached hydrogen (secondary N) is 1. The molecule has 0 radical (unpaired) electrons. The van der Waals surface area contributed by atoms with Crippen molar-refractivity contribution in [3.8, 4) is 0 Å². The third-order valence-corrected chi connectivity index (χ3v) is 4.91. The maximum absolute atomic E-state index is 12.8. The lowest BCUT2D eigenvalue weighted by Gasteiger charge is -2.22. The second kappa shape index (κ2) is 6.90. The van der Waals surface area contributed by atoms with E-state index in [2.05, 4.69) is 11.4 Å². The Morgan fingerprint density at radius 1 is 1.26 bits per heavy atom. The van der Waals surface area contributed by atoms with Gasteiger partial charge < -0.3 is 14.6 Å². The maximum atomic E-state index is 12.8. The van der Waals surface area contributed by atoms with Crippen LogP contribution < -0.4 is 5.32 Å². The van der Waals surface area contributed by atoms with E-state index in [0.717, 1.165) is 21.6 Å². The number of furan rings is 1. The minimum absolute atomic E-state index is 0.317. The van der Waals surface area contributed by atoms with E-state index in [1.165, 1.54) is 11.2 Å². The van der Waals surface area contributed by atoms with Crippen LogP contribution in [0.2, 0.25) is 0 Å². The lowest BCUT2D eigenvalue weighted by Crippen LogP contribution is -2.43. The minimum Gasteiger partial charge on any atom is -0.466 e. The van der Waals surface area contributed by atoms with E-state index in [1.54, 1.807) is 26.1 Å². The predicted octanol–water partition coefficient (Wildman–Crippen LogP) is 2.32. The Hall–Kier alpha value is -3.09. The topological polar surface area (TPSA) is 82.9 Å². The van der Waals surface area contributed by atoms with Crippen molar-refractivity contribution in [3.05, 3.63) is 59.0 Å². The zero-order valence-corrected chi connectivity index (χ0v) is 15.9. The summed E-state index contributed by atoms with van der Waals surface area (Å²) in [6.07, 6.45) is 1.44. The number of hydrogen-bond donors (Lipinski definition) is 1. The van der Waals surface area contributed by atoms with Crippen LogP contribution in [0.25, 0.3) is 0 Å². The van der Waals surface area contributed by atoms with Crippen LogP contribution in [0, 0.1) is 13.8 Å². The molecule has 1 saturated heterocycles. The molecule has 1 aromatic carbocycles. The van der Waals surface area contributed by atoms with Gasteiger partial charge in [-0.15, -0.1) is 0 Å². The van der Waals surface area contributed by atoms with Crippen molar-refractivity contribution < 1.29 is 18.8 Å². The van der Waals surface area contributed by atoms with Crippen LogP contribution in [0.1, 0.15) is 29.4 Å². The van der Waals surface area contributed by atoms with E-state index in [0.29, 0.717) is 12.3 Å². The SMILES string of the molecule is Cc1ccc(CN(C)C(=O)CN2C(=O)NC(C)(c3ccco3)C2=O)c(C)c1. The van der Waals surface area contributed by atoms with Crippen LogP contribution in [-0.2, 0) is 21.7 Å². The quantitative estimate of drug-likeness (QED) is 0.820. The molecule has 142 valence electrons. The van der Waals surface area contributed by atoms with E-state index in [4.69, 9.17) is 4.42 Å². The first-order valence-corrected chi connectivity index (χ1v) is 8.70. The summed E-state index contributed by atoms with van der Waals surface area (Å²) in [6.45, 7) is 5.66. The monoisotopic (exact) mass is 369 g/mol. The van der Waals surface area contributed by atoms with Gasteiger partial charge in [0.1, 0.15) is 12.3 Å². The molecule has 4 amide bonds. The van der Waals surface area contributed by atoms with Crippen molar-refractivity contribution in [3.63, 3.8) is 0 Å². The summed E-state index contributed by atoms with van der Waals surface area (Å²) in [7, 11) is 1.66. The molecule has 2 heterocycles. The molecule has 1 N–H and O–H groups in total. The highest BCUT2D eigenvalue weighted by Gasteiger charge is 2.51. The van der Waals surface area contributed by atoms with E-state index in [1.807, 2.05) is 26.0 Å². The van der Waals surface area contributed by atoms with Crippen LogP contribution in [0.4, 0.5) is 4.79 Å². The second-order valence-electron chi connectivity index (χ2n) is 7.10. The molecule has 1 aliphatic rings. The van der Waals surface area contributed by atoms with Gasteiger partial charge in [0.25, 0.3) is 5.91 Å². The van der Waals surface area contributed by atoms with Crippen LogP contribution >= 0.6 is 0 Å². The fourth-order valence-corrected chi connectivity index (χ4v) is 3.19. The number of carbonyl (C=O) groups excluding carboxylic acids is 3. The smallest absolute Gasteiger partial charge is 0.325 e. The van der Waals surface area contributed by atoms with Gasteiger partial charge in [-0.2, -0.15) is 0 Å². The Bertz CT molecular complexity index is 891. The number of hydrogen-bond acceptors (Lipinski definition) is 4. The van der Waals surface area contributed by atoms with Crippen molar-refractivity contribution in [2.45, 2.75) is 32.9 Å². The van der Waals surface area contributed by atoms with Gasteiger partial charge in [-0.25, -0.2) is 4.79 Å². The lowest BCUT2D eigenvalue weighted by atomic mass is 9.99. The Labute approximate surface area is 157 Å². The van der Waals surface area contributed by atoms with Gasteiger partial charge in [-0.3, -0.25) is 14.5 Å². The number of imide groups is 1. The molecule has 1 aromatic heterocycles. The van der Waals surface area contributed by atoms with Gasteiger partial charge in [-0.1, -0.05) is 23.8 Å². The molecule has 1 unspecified atom stereocenters. The fourth-order valence-electron chi connectivity index (χ4n) is 3.19. The lowest BCUT2D eigenvalue weighted by molar-refractivity contribution is -0.138. The molecule has 27 heavy (non-hydrogen) atoms. The number of aryl methyl sites for hydroxylation is 2. The second-order valence-corrected chi connectivity index (χ2v) is 7.10. The Kier molecular flexibility index (Phi) is 4.78. The highest BCUT2D eigenvalue weighted by molar-refractivity contribution is 6.08. The van der Waals surface area contributed by atoms with Crippen LogP contribution in [0.3, 0.4) is 0 Å². The predicted molar refractivity (Wildman–Crippen MR) is 98.7 cm³/mol. The first-order valence-electron chi connectivity index (χ1n) is 8.70.